The SMILES string of the molecule is CCNc1nc(NCc2ccco2)cc(C2CC2)n1. The average molecular weight is 258 g/mol. The Balaban J connectivity index is 1.74. The van der Waals surface area contributed by atoms with Crippen LogP contribution < -0.4 is 10.6 Å². The molecule has 5 nitrogen and oxygen atoms in total. The number of anilines is 2. The Morgan fingerprint density at radius 2 is 2.21 bits per heavy atom. The summed E-state index contributed by atoms with van der Waals surface area (Å²) >= 11 is 0. The Kier molecular flexibility index (Phi) is 3.35. The summed E-state index contributed by atoms with van der Waals surface area (Å²) in [4.78, 5) is 9.00. The summed E-state index contributed by atoms with van der Waals surface area (Å²) in [5, 5.41) is 6.46. The summed E-state index contributed by atoms with van der Waals surface area (Å²) < 4.78 is 5.30. The third-order valence-electron chi connectivity index (χ3n) is 3.10. The van der Waals surface area contributed by atoms with Gasteiger partial charge in [-0.25, -0.2) is 4.98 Å². The van der Waals surface area contributed by atoms with Gasteiger partial charge in [-0.2, -0.15) is 4.98 Å². The highest BCUT2D eigenvalue weighted by molar-refractivity contribution is 5.44. The Morgan fingerprint density at radius 3 is 2.89 bits per heavy atom. The van der Waals surface area contributed by atoms with E-state index in [9.17, 15) is 0 Å². The molecule has 0 amide bonds. The van der Waals surface area contributed by atoms with Gasteiger partial charge in [0.05, 0.1) is 18.5 Å². The Labute approximate surface area is 112 Å². The fourth-order valence-electron chi connectivity index (χ4n) is 1.97. The Bertz CT molecular complexity index is 534. The van der Waals surface area contributed by atoms with Crippen molar-refractivity contribution in [2.45, 2.75) is 32.2 Å². The highest BCUT2D eigenvalue weighted by Crippen LogP contribution is 2.39. The minimum atomic E-state index is 0.615. The van der Waals surface area contributed by atoms with Crippen molar-refractivity contribution in [1.82, 2.24) is 9.97 Å². The molecule has 0 atom stereocenters. The van der Waals surface area contributed by atoms with E-state index in [1.807, 2.05) is 25.1 Å². The molecular formula is C14H18N4O. The van der Waals surface area contributed by atoms with Crippen LogP contribution in [0.25, 0.3) is 0 Å². The highest BCUT2D eigenvalue weighted by atomic mass is 16.3. The second kappa shape index (κ2) is 5.30. The monoisotopic (exact) mass is 258 g/mol. The third kappa shape index (κ3) is 3.05. The van der Waals surface area contributed by atoms with Gasteiger partial charge in [0.15, 0.2) is 0 Å². The maximum atomic E-state index is 5.30. The predicted octanol–water partition coefficient (Wildman–Crippen LogP) is 2.99. The minimum absolute atomic E-state index is 0.615. The first-order valence-electron chi connectivity index (χ1n) is 6.74. The summed E-state index contributed by atoms with van der Waals surface area (Å²) in [6.07, 6.45) is 4.15. The van der Waals surface area contributed by atoms with Crippen LogP contribution in [-0.2, 0) is 6.54 Å². The van der Waals surface area contributed by atoms with Crippen LogP contribution >= 0.6 is 0 Å². The van der Waals surface area contributed by atoms with Crippen molar-refractivity contribution < 1.29 is 4.42 Å². The third-order valence-corrected chi connectivity index (χ3v) is 3.10. The molecule has 2 N–H and O–H groups in total. The van der Waals surface area contributed by atoms with E-state index < -0.39 is 0 Å². The Hall–Kier alpha value is -2.04. The van der Waals surface area contributed by atoms with E-state index in [0.29, 0.717) is 18.4 Å². The summed E-state index contributed by atoms with van der Waals surface area (Å²) in [7, 11) is 0. The van der Waals surface area contributed by atoms with Crippen LogP contribution in [0, 0.1) is 0 Å². The number of hydrogen-bond donors (Lipinski definition) is 2. The number of nitrogens with zero attached hydrogens (tertiary/aromatic N) is 2. The van der Waals surface area contributed by atoms with Gasteiger partial charge in [-0.05, 0) is 31.9 Å². The van der Waals surface area contributed by atoms with E-state index >= 15 is 0 Å². The summed E-state index contributed by atoms with van der Waals surface area (Å²) in [6, 6.07) is 5.87. The molecule has 0 aliphatic heterocycles. The molecule has 0 unspecified atom stereocenters. The number of furan rings is 1. The first kappa shape index (κ1) is 12.0. The van der Waals surface area contributed by atoms with Crippen LogP contribution in [0.3, 0.4) is 0 Å². The van der Waals surface area contributed by atoms with Crippen molar-refractivity contribution >= 4 is 11.8 Å². The molecule has 0 saturated heterocycles. The van der Waals surface area contributed by atoms with Crippen LogP contribution in [0.15, 0.2) is 28.9 Å². The maximum Gasteiger partial charge on any atom is 0.224 e. The number of hydrogen-bond acceptors (Lipinski definition) is 5. The lowest BCUT2D eigenvalue weighted by molar-refractivity contribution is 0.518. The quantitative estimate of drug-likeness (QED) is 0.834. The first-order chi connectivity index (χ1) is 9.35. The van der Waals surface area contributed by atoms with Crippen molar-refractivity contribution in [2.75, 3.05) is 17.2 Å². The molecule has 1 saturated carbocycles. The van der Waals surface area contributed by atoms with Crippen molar-refractivity contribution in [2.24, 2.45) is 0 Å². The fraction of sp³-hybridized carbons (Fsp3) is 0.429. The smallest absolute Gasteiger partial charge is 0.224 e. The minimum Gasteiger partial charge on any atom is -0.467 e. The van der Waals surface area contributed by atoms with Crippen molar-refractivity contribution in [3.8, 4) is 0 Å². The van der Waals surface area contributed by atoms with E-state index in [2.05, 4.69) is 20.6 Å². The molecule has 2 aromatic heterocycles. The molecule has 100 valence electrons. The molecule has 0 aromatic carbocycles. The molecule has 5 heteroatoms. The molecule has 3 rings (SSSR count). The molecular weight excluding hydrogens is 240 g/mol. The molecule has 2 aromatic rings. The van der Waals surface area contributed by atoms with E-state index in [1.165, 1.54) is 12.8 Å². The van der Waals surface area contributed by atoms with Crippen molar-refractivity contribution in [3.63, 3.8) is 0 Å². The van der Waals surface area contributed by atoms with Crippen LogP contribution in [0.2, 0.25) is 0 Å². The second-order valence-corrected chi connectivity index (χ2v) is 4.74. The lowest BCUT2D eigenvalue weighted by Crippen LogP contribution is -2.08. The van der Waals surface area contributed by atoms with E-state index in [4.69, 9.17) is 4.42 Å². The van der Waals surface area contributed by atoms with Gasteiger partial charge in [0.25, 0.3) is 0 Å². The molecule has 1 fully saturated rings. The summed E-state index contributed by atoms with van der Waals surface area (Å²) in [5.74, 6) is 3.07. The predicted molar refractivity (Wildman–Crippen MR) is 74.2 cm³/mol. The zero-order valence-corrected chi connectivity index (χ0v) is 11.0. The first-order valence-corrected chi connectivity index (χ1v) is 6.74. The van der Waals surface area contributed by atoms with Gasteiger partial charge < -0.3 is 15.1 Å². The van der Waals surface area contributed by atoms with Gasteiger partial charge in [0.1, 0.15) is 11.6 Å². The molecule has 1 aliphatic carbocycles. The molecule has 1 aliphatic rings. The normalized spacial score (nSPS) is 14.4. The van der Waals surface area contributed by atoms with Gasteiger partial charge in [0, 0.05) is 18.5 Å². The molecule has 0 radical (unpaired) electrons. The van der Waals surface area contributed by atoms with Crippen LogP contribution in [0.5, 0.6) is 0 Å². The summed E-state index contributed by atoms with van der Waals surface area (Å²) in [6.45, 7) is 3.51. The zero-order chi connectivity index (χ0) is 13.1. The number of rotatable bonds is 6. The van der Waals surface area contributed by atoms with Gasteiger partial charge in [-0.15, -0.1) is 0 Å². The lowest BCUT2D eigenvalue weighted by atomic mass is 10.3. The van der Waals surface area contributed by atoms with E-state index in [1.54, 1.807) is 6.26 Å². The molecule has 2 heterocycles. The molecule has 19 heavy (non-hydrogen) atoms. The fourth-order valence-corrected chi connectivity index (χ4v) is 1.97. The number of aromatic nitrogens is 2. The van der Waals surface area contributed by atoms with Crippen LogP contribution in [-0.4, -0.2) is 16.5 Å². The number of nitrogens with one attached hydrogen (secondary N) is 2. The Morgan fingerprint density at radius 1 is 1.32 bits per heavy atom. The highest BCUT2D eigenvalue weighted by Gasteiger charge is 2.26. The largest absolute Gasteiger partial charge is 0.467 e. The van der Waals surface area contributed by atoms with Gasteiger partial charge in [-0.3, -0.25) is 0 Å². The van der Waals surface area contributed by atoms with E-state index in [0.717, 1.165) is 23.8 Å². The molecule has 0 spiro atoms. The van der Waals surface area contributed by atoms with E-state index in [-0.39, 0.29) is 0 Å². The molecule has 0 bridgehead atoms. The zero-order valence-electron chi connectivity index (χ0n) is 11.0. The van der Waals surface area contributed by atoms with Crippen molar-refractivity contribution in [3.05, 3.63) is 35.9 Å². The average Bonchev–Trinajstić information content (AvgIpc) is 3.14. The van der Waals surface area contributed by atoms with Gasteiger partial charge in [-0.1, -0.05) is 0 Å². The van der Waals surface area contributed by atoms with Crippen LogP contribution in [0.1, 0.15) is 37.1 Å². The van der Waals surface area contributed by atoms with Gasteiger partial charge in [0.2, 0.25) is 5.95 Å². The second-order valence-electron chi connectivity index (χ2n) is 4.74. The van der Waals surface area contributed by atoms with Crippen LogP contribution in [0.4, 0.5) is 11.8 Å². The standard InChI is InChI=1S/C14H18N4O/c1-2-15-14-17-12(10-5-6-10)8-13(18-14)16-9-11-4-3-7-19-11/h3-4,7-8,10H,2,5-6,9H2,1H3,(H2,15,16,17,18). The van der Waals surface area contributed by atoms with Crippen molar-refractivity contribution in [1.29, 1.82) is 0 Å². The lowest BCUT2D eigenvalue weighted by Gasteiger charge is -2.09. The summed E-state index contributed by atoms with van der Waals surface area (Å²) in [5.41, 5.74) is 1.13. The topological polar surface area (TPSA) is 63.0 Å². The van der Waals surface area contributed by atoms with Gasteiger partial charge >= 0.3 is 0 Å². The maximum absolute atomic E-state index is 5.30.